The van der Waals surface area contributed by atoms with E-state index in [1.165, 1.54) is 0 Å². The Bertz CT molecular complexity index is 674. The van der Waals surface area contributed by atoms with Gasteiger partial charge in [-0.1, -0.05) is 28.1 Å². The predicted molar refractivity (Wildman–Crippen MR) is 96.7 cm³/mol. The number of rotatable bonds is 8. The van der Waals surface area contributed by atoms with E-state index in [2.05, 4.69) is 20.9 Å². The minimum atomic E-state index is 0.195. The molecule has 126 valence electrons. The normalized spacial score (nSPS) is 13.5. The van der Waals surface area contributed by atoms with Crippen LogP contribution in [-0.4, -0.2) is 28.4 Å². The third-order valence-electron chi connectivity index (χ3n) is 3.97. The van der Waals surface area contributed by atoms with E-state index >= 15 is 0 Å². The fourth-order valence-corrected chi connectivity index (χ4v) is 2.97. The van der Waals surface area contributed by atoms with Gasteiger partial charge in [-0.05, 0) is 49.6 Å². The third-order valence-corrected chi connectivity index (χ3v) is 4.46. The summed E-state index contributed by atoms with van der Waals surface area (Å²) in [6.07, 6.45) is 5.21. The zero-order valence-corrected chi connectivity index (χ0v) is 15.1. The van der Waals surface area contributed by atoms with Gasteiger partial charge in [0.15, 0.2) is 0 Å². The summed E-state index contributed by atoms with van der Waals surface area (Å²) in [6.45, 7) is 1.15. The molecule has 0 unspecified atom stereocenters. The maximum absolute atomic E-state index is 12.5. The summed E-state index contributed by atoms with van der Waals surface area (Å²) in [7, 11) is 0. The van der Waals surface area contributed by atoms with Gasteiger partial charge in [0.05, 0.1) is 18.8 Å². The minimum absolute atomic E-state index is 0.195. The number of halogens is 1. The van der Waals surface area contributed by atoms with Crippen molar-refractivity contribution in [3.63, 3.8) is 0 Å². The number of carbonyl (C=O) groups is 1. The highest BCUT2D eigenvalue weighted by Gasteiger charge is 2.32. The first-order valence-electron chi connectivity index (χ1n) is 8.30. The molecule has 0 atom stereocenters. The Kier molecular flexibility index (Phi) is 5.86. The van der Waals surface area contributed by atoms with Gasteiger partial charge >= 0.3 is 0 Å². The summed E-state index contributed by atoms with van der Waals surface area (Å²) in [5.41, 5.74) is 0.947. The monoisotopic (exact) mass is 388 g/mol. The van der Waals surface area contributed by atoms with Crippen LogP contribution in [0.4, 0.5) is 0 Å². The summed E-state index contributed by atoms with van der Waals surface area (Å²) in [6, 6.07) is 14.0. The highest BCUT2D eigenvalue weighted by Crippen LogP contribution is 2.29. The van der Waals surface area contributed by atoms with E-state index in [1.54, 1.807) is 6.20 Å². The fourth-order valence-electron chi connectivity index (χ4n) is 2.59. The van der Waals surface area contributed by atoms with E-state index in [1.807, 2.05) is 47.4 Å². The molecule has 0 radical (unpaired) electrons. The van der Waals surface area contributed by atoms with Gasteiger partial charge < -0.3 is 9.64 Å². The highest BCUT2D eigenvalue weighted by molar-refractivity contribution is 9.10. The summed E-state index contributed by atoms with van der Waals surface area (Å²) in [5.74, 6) is 1.02. The molecule has 4 nitrogen and oxygen atoms in total. The van der Waals surface area contributed by atoms with E-state index < -0.39 is 0 Å². The van der Waals surface area contributed by atoms with Crippen LogP contribution >= 0.6 is 15.9 Å². The summed E-state index contributed by atoms with van der Waals surface area (Å²) < 4.78 is 6.69. The van der Waals surface area contributed by atoms with Crippen molar-refractivity contribution in [3.8, 4) is 5.75 Å². The molecular weight excluding hydrogens is 368 g/mol. The summed E-state index contributed by atoms with van der Waals surface area (Å²) in [4.78, 5) is 18.8. The van der Waals surface area contributed by atoms with Crippen LogP contribution in [0, 0.1) is 0 Å². The molecule has 1 aliphatic rings. The van der Waals surface area contributed by atoms with Crippen LogP contribution in [0.3, 0.4) is 0 Å². The zero-order chi connectivity index (χ0) is 16.8. The zero-order valence-electron chi connectivity index (χ0n) is 13.5. The lowest BCUT2D eigenvalue weighted by Crippen LogP contribution is -2.33. The summed E-state index contributed by atoms with van der Waals surface area (Å²) >= 11 is 3.42. The Hall–Kier alpha value is -1.88. The maximum atomic E-state index is 12.5. The van der Waals surface area contributed by atoms with Crippen LogP contribution < -0.4 is 4.74 Å². The van der Waals surface area contributed by atoms with Crippen LogP contribution in [0.5, 0.6) is 5.75 Å². The smallest absolute Gasteiger partial charge is 0.223 e. The number of benzene rings is 1. The number of carbonyl (C=O) groups excluding carboxylic acids is 1. The molecule has 24 heavy (non-hydrogen) atoms. The first-order valence-corrected chi connectivity index (χ1v) is 9.09. The van der Waals surface area contributed by atoms with Crippen LogP contribution in [0.2, 0.25) is 0 Å². The standard InChI is InChI=1S/C19H21BrN2O2/c20-15-5-3-7-18(13-15)24-12-4-8-19(23)22(17-9-10-17)14-16-6-1-2-11-21-16/h1-3,5-7,11,13,17H,4,8-10,12,14H2. The Morgan fingerprint density at radius 1 is 1.25 bits per heavy atom. The number of amides is 1. The van der Waals surface area contributed by atoms with Crippen LogP contribution in [0.1, 0.15) is 31.4 Å². The molecule has 0 saturated heterocycles. The number of pyridine rings is 1. The number of hydrogen-bond acceptors (Lipinski definition) is 3. The first kappa shape index (κ1) is 17.0. The van der Waals surface area contributed by atoms with Gasteiger partial charge in [0.1, 0.15) is 5.75 Å². The van der Waals surface area contributed by atoms with Crippen molar-refractivity contribution in [2.45, 2.75) is 38.3 Å². The summed E-state index contributed by atoms with van der Waals surface area (Å²) in [5, 5.41) is 0. The SMILES string of the molecule is O=C(CCCOc1cccc(Br)c1)N(Cc1ccccn1)C1CC1. The van der Waals surface area contributed by atoms with E-state index in [0.717, 1.165) is 35.2 Å². The van der Waals surface area contributed by atoms with Crippen molar-refractivity contribution >= 4 is 21.8 Å². The highest BCUT2D eigenvalue weighted by atomic mass is 79.9. The van der Waals surface area contributed by atoms with Crippen molar-refractivity contribution in [2.75, 3.05) is 6.61 Å². The lowest BCUT2D eigenvalue weighted by atomic mass is 10.2. The van der Waals surface area contributed by atoms with Gasteiger partial charge in [-0.3, -0.25) is 9.78 Å². The van der Waals surface area contributed by atoms with Gasteiger partial charge in [0, 0.05) is 23.1 Å². The molecule has 1 fully saturated rings. The van der Waals surface area contributed by atoms with Crippen molar-refractivity contribution in [1.29, 1.82) is 0 Å². The predicted octanol–water partition coefficient (Wildman–Crippen LogP) is 4.19. The second-order valence-corrected chi connectivity index (χ2v) is 6.90. The molecule has 3 rings (SSSR count). The largest absolute Gasteiger partial charge is 0.494 e. The fraction of sp³-hybridized carbons (Fsp3) is 0.368. The molecule has 0 spiro atoms. The van der Waals surface area contributed by atoms with Gasteiger partial charge in [-0.2, -0.15) is 0 Å². The molecule has 2 aromatic rings. The Morgan fingerprint density at radius 2 is 2.12 bits per heavy atom. The Labute approximate surface area is 151 Å². The van der Waals surface area contributed by atoms with E-state index in [9.17, 15) is 4.79 Å². The van der Waals surface area contributed by atoms with Crippen LogP contribution in [0.25, 0.3) is 0 Å². The van der Waals surface area contributed by atoms with Gasteiger partial charge in [-0.25, -0.2) is 0 Å². The average Bonchev–Trinajstić information content (AvgIpc) is 3.42. The number of aromatic nitrogens is 1. The molecule has 1 aliphatic carbocycles. The molecule has 1 aromatic heterocycles. The first-order chi connectivity index (χ1) is 11.7. The number of hydrogen-bond donors (Lipinski definition) is 0. The van der Waals surface area contributed by atoms with E-state index in [-0.39, 0.29) is 5.91 Å². The molecule has 5 heteroatoms. The van der Waals surface area contributed by atoms with E-state index in [0.29, 0.717) is 25.6 Å². The quantitative estimate of drug-likeness (QED) is 0.636. The Balaban J connectivity index is 1.46. The molecular formula is C19H21BrN2O2. The molecule has 0 N–H and O–H groups in total. The lowest BCUT2D eigenvalue weighted by molar-refractivity contribution is -0.132. The number of ether oxygens (including phenoxy) is 1. The van der Waals surface area contributed by atoms with Crippen molar-refractivity contribution < 1.29 is 9.53 Å². The third kappa shape index (κ3) is 5.06. The minimum Gasteiger partial charge on any atom is -0.494 e. The van der Waals surface area contributed by atoms with Crippen LogP contribution in [0.15, 0.2) is 53.1 Å². The second kappa shape index (κ2) is 8.29. The molecule has 1 heterocycles. The van der Waals surface area contributed by atoms with Crippen molar-refractivity contribution in [1.82, 2.24) is 9.88 Å². The molecule has 0 bridgehead atoms. The molecule has 1 amide bonds. The molecule has 1 aromatic carbocycles. The number of nitrogens with zero attached hydrogens (tertiary/aromatic N) is 2. The second-order valence-electron chi connectivity index (χ2n) is 5.98. The van der Waals surface area contributed by atoms with Gasteiger partial charge in [0.25, 0.3) is 0 Å². The lowest BCUT2D eigenvalue weighted by Gasteiger charge is -2.22. The topological polar surface area (TPSA) is 42.4 Å². The molecule has 0 aliphatic heterocycles. The van der Waals surface area contributed by atoms with Crippen LogP contribution in [-0.2, 0) is 11.3 Å². The Morgan fingerprint density at radius 3 is 2.83 bits per heavy atom. The van der Waals surface area contributed by atoms with Gasteiger partial charge in [0.2, 0.25) is 5.91 Å². The average molecular weight is 389 g/mol. The van der Waals surface area contributed by atoms with Crippen molar-refractivity contribution in [2.24, 2.45) is 0 Å². The maximum Gasteiger partial charge on any atom is 0.223 e. The van der Waals surface area contributed by atoms with E-state index in [4.69, 9.17) is 4.74 Å². The molecule has 1 saturated carbocycles. The van der Waals surface area contributed by atoms with Gasteiger partial charge in [-0.15, -0.1) is 0 Å². The van der Waals surface area contributed by atoms with Crippen molar-refractivity contribution in [3.05, 3.63) is 58.8 Å².